The lowest BCUT2D eigenvalue weighted by atomic mass is 9.66. The van der Waals surface area contributed by atoms with E-state index < -0.39 is 0 Å². The van der Waals surface area contributed by atoms with Crippen LogP contribution in [0.3, 0.4) is 0 Å². The van der Waals surface area contributed by atoms with Crippen molar-refractivity contribution in [3.05, 3.63) is 12.7 Å². The van der Waals surface area contributed by atoms with Crippen molar-refractivity contribution in [2.24, 2.45) is 17.3 Å². The lowest BCUT2D eigenvalue weighted by Gasteiger charge is -2.41. The molecule has 1 heteroatoms. The molecule has 2 saturated carbocycles. The van der Waals surface area contributed by atoms with Gasteiger partial charge in [-0.2, -0.15) is 0 Å². The molecule has 0 spiro atoms. The zero-order valence-corrected chi connectivity index (χ0v) is 12.1. The van der Waals surface area contributed by atoms with Crippen LogP contribution in [0.25, 0.3) is 0 Å². The van der Waals surface area contributed by atoms with E-state index in [1.807, 2.05) is 6.08 Å². The summed E-state index contributed by atoms with van der Waals surface area (Å²) in [5, 5.41) is 0. The van der Waals surface area contributed by atoms with Crippen LogP contribution >= 0.6 is 0 Å². The number of hydrogen-bond donors (Lipinski definition) is 0. The molecule has 0 aromatic heterocycles. The van der Waals surface area contributed by atoms with Crippen LogP contribution < -0.4 is 0 Å². The van der Waals surface area contributed by atoms with Crippen LogP contribution in [0, 0.1) is 17.3 Å². The Bertz CT molecular complexity index is 244. The van der Waals surface area contributed by atoms with Crippen molar-refractivity contribution in [3.8, 4) is 0 Å². The van der Waals surface area contributed by atoms with Crippen molar-refractivity contribution in [1.82, 2.24) is 0 Å². The van der Waals surface area contributed by atoms with E-state index in [0.29, 0.717) is 12.0 Å². The average molecular weight is 250 g/mol. The van der Waals surface area contributed by atoms with Crippen LogP contribution in [-0.2, 0) is 4.74 Å². The molecule has 0 N–H and O–H groups in total. The first-order valence-electron chi connectivity index (χ1n) is 7.92. The summed E-state index contributed by atoms with van der Waals surface area (Å²) in [4.78, 5) is 0. The third kappa shape index (κ3) is 3.85. The van der Waals surface area contributed by atoms with Gasteiger partial charge in [0.05, 0.1) is 13.2 Å². The van der Waals surface area contributed by atoms with Crippen molar-refractivity contribution in [2.45, 2.75) is 64.7 Å². The Morgan fingerprint density at radius 1 is 1.06 bits per heavy atom. The molecule has 18 heavy (non-hydrogen) atoms. The first kappa shape index (κ1) is 14.1. The molecule has 0 aromatic rings. The highest BCUT2D eigenvalue weighted by Crippen LogP contribution is 2.44. The molecule has 1 nitrogen and oxygen atoms in total. The Hall–Kier alpha value is -0.300. The van der Waals surface area contributed by atoms with Crippen LogP contribution in [0.4, 0.5) is 0 Å². The standard InChI is InChI=1S/C17H30O/c1-3-13-18-14-17(2)11-9-16(10-12-17)15-7-5-4-6-8-15/h3,15-16H,1,4-14H2,2H3. The molecule has 0 bridgehead atoms. The second-order valence-electron chi connectivity index (χ2n) is 6.85. The van der Waals surface area contributed by atoms with Gasteiger partial charge in [-0.15, -0.1) is 6.58 Å². The van der Waals surface area contributed by atoms with Gasteiger partial charge in [0.1, 0.15) is 0 Å². The maximum Gasteiger partial charge on any atom is 0.0645 e. The largest absolute Gasteiger partial charge is 0.377 e. The molecule has 0 unspecified atom stereocenters. The van der Waals surface area contributed by atoms with Gasteiger partial charge < -0.3 is 4.74 Å². The Kier molecular flexibility index (Phi) is 5.29. The van der Waals surface area contributed by atoms with Gasteiger partial charge in [-0.25, -0.2) is 0 Å². The Morgan fingerprint density at radius 2 is 1.67 bits per heavy atom. The van der Waals surface area contributed by atoms with Gasteiger partial charge in [-0.05, 0) is 42.9 Å². The molecule has 0 saturated heterocycles. The first-order chi connectivity index (χ1) is 8.73. The Morgan fingerprint density at radius 3 is 2.28 bits per heavy atom. The van der Waals surface area contributed by atoms with Crippen molar-refractivity contribution in [2.75, 3.05) is 13.2 Å². The second-order valence-corrected chi connectivity index (χ2v) is 6.85. The van der Waals surface area contributed by atoms with Gasteiger partial charge in [0.2, 0.25) is 0 Å². The molecule has 0 amide bonds. The summed E-state index contributed by atoms with van der Waals surface area (Å²) < 4.78 is 5.69. The second kappa shape index (κ2) is 6.75. The lowest BCUT2D eigenvalue weighted by Crippen LogP contribution is -2.32. The molecule has 0 aliphatic heterocycles. The van der Waals surface area contributed by atoms with Crippen molar-refractivity contribution in [1.29, 1.82) is 0 Å². The third-order valence-electron chi connectivity index (χ3n) is 5.24. The molecule has 0 heterocycles. The van der Waals surface area contributed by atoms with E-state index in [2.05, 4.69) is 13.5 Å². The quantitative estimate of drug-likeness (QED) is 0.494. The Labute approximate surface area is 113 Å². The van der Waals surface area contributed by atoms with Gasteiger partial charge in [0.25, 0.3) is 0 Å². The predicted molar refractivity (Wildman–Crippen MR) is 77.7 cm³/mol. The SMILES string of the molecule is C=CCOCC1(C)CCC(C2CCCCC2)CC1. The fourth-order valence-corrected chi connectivity index (χ4v) is 3.95. The van der Waals surface area contributed by atoms with Crippen molar-refractivity contribution in [3.63, 3.8) is 0 Å². The van der Waals surface area contributed by atoms with Crippen LogP contribution in [0.2, 0.25) is 0 Å². The summed E-state index contributed by atoms with van der Waals surface area (Å²) in [6.07, 6.45) is 15.0. The topological polar surface area (TPSA) is 9.23 Å². The summed E-state index contributed by atoms with van der Waals surface area (Å²) in [5.74, 6) is 2.08. The van der Waals surface area contributed by atoms with Crippen LogP contribution in [0.15, 0.2) is 12.7 Å². The van der Waals surface area contributed by atoms with Gasteiger partial charge in [-0.1, -0.05) is 45.1 Å². The molecule has 0 aromatic carbocycles. The molecule has 2 rings (SSSR count). The number of ether oxygens (including phenoxy) is 1. The molecule has 2 aliphatic carbocycles. The smallest absolute Gasteiger partial charge is 0.0645 e. The molecule has 0 radical (unpaired) electrons. The maximum atomic E-state index is 5.69. The predicted octanol–water partition coefficient (Wildman–Crippen LogP) is 4.97. The lowest BCUT2D eigenvalue weighted by molar-refractivity contribution is 0.0226. The molecule has 2 aliphatic rings. The van der Waals surface area contributed by atoms with Gasteiger partial charge >= 0.3 is 0 Å². The van der Waals surface area contributed by atoms with E-state index in [1.54, 1.807) is 0 Å². The summed E-state index contributed by atoms with van der Waals surface area (Å²) >= 11 is 0. The van der Waals surface area contributed by atoms with Crippen LogP contribution in [-0.4, -0.2) is 13.2 Å². The molecule has 104 valence electrons. The first-order valence-corrected chi connectivity index (χ1v) is 7.92. The van der Waals surface area contributed by atoms with E-state index >= 15 is 0 Å². The monoisotopic (exact) mass is 250 g/mol. The maximum absolute atomic E-state index is 5.69. The van der Waals surface area contributed by atoms with Crippen molar-refractivity contribution < 1.29 is 4.74 Å². The highest BCUT2D eigenvalue weighted by molar-refractivity contribution is 4.86. The average Bonchev–Trinajstić information content (AvgIpc) is 2.41. The summed E-state index contributed by atoms with van der Waals surface area (Å²) in [6.45, 7) is 7.76. The van der Waals surface area contributed by atoms with Gasteiger partial charge in [-0.3, -0.25) is 0 Å². The van der Waals surface area contributed by atoms with Crippen LogP contribution in [0.5, 0.6) is 0 Å². The summed E-state index contributed by atoms with van der Waals surface area (Å²) in [6, 6.07) is 0. The normalized spacial score (nSPS) is 34.4. The van der Waals surface area contributed by atoms with Crippen LogP contribution in [0.1, 0.15) is 64.7 Å². The zero-order valence-electron chi connectivity index (χ0n) is 12.1. The van der Waals surface area contributed by atoms with Gasteiger partial charge in [0, 0.05) is 0 Å². The summed E-state index contributed by atoms with van der Waals surface area (Å²) in [5.41, 5.74) is 0.439. The third-order valence-corrected chi connectivity index (χ3v) is 5.24. The molecule has 0 atom stereocenters. The minimum absolute atomic E-state index is 0.439. The molecular weight excluding hydrogens is 220 g/mol. The molecule has 2 fully saturated rings. The van der Waals surface area contributed by atoms with E-state index in [4.69, 9.17) is 4.74 Å². The fraction of sp³-hybridized carbons (Fsp3) is 0.882. The van der Waals surface area contributed by atoms with E-state index in [0.717, 1.165) is 18.4 Å². The van der Waals surface area contributed by atoms with E-state index in [9.17, 15) is 0 Å². The molecular formula is C17H30O. The highest BCUT2D eigenvalue weighted by Gasteiger charge is 2.34. The number of rotatable bonds is 5. The number of hydrogen-bond acceptors (Lipinski definition) is 1. The zero-order chi connectivity index (χ0) is 12.8. The minimum Gasteiger partial charge on any atom is -0.377 e. The van der Waals surface area contributed by atoms with Gasteiger partial charge in [0.15, 0.2) is 0 Å². The minimum atomic E-state index is 0.439. The van der Waals surface area contributed by atoms with Crippen molar-refractivity contribution >= 4 is 0 Å². The Balaban J connectivity index is 1.74. The highest BCUT2D eigenvalue weighted by atomic mass is 16.5. The van der Waals surface area contributed by atoms with E-state index in [-0.39, 0.29) is 0 Å². The summed E-state index contributed by atoms with van der Waals surface area (Å²) in [7, 11) is 0. The fourth-order valence-electron chi connectivity index (χ4n) is 3.95. The van der Waals surface area contributed by atoms with E-state index in [1.165, 1.54) is 57.8 Å².